The number of rotatable bonds is 48. The van der Waals surface area contributed by atoms with E-state index in [1.807, 2.05) is 0 Å². The molecule has 0 fully saturated rings. The van der Waals surface area contributed by atoms with Crippen molar-refractivity contribution >= 4 is 82.9 Å². The Balaban J connectivity index is 3.74. The Hall–Kier alpha value is -9.90. The smallest absolute Gasteiger partial charge is 0.333 e. The van der Waals surface area contributed by atoms with Gasteiger partial charge in [-0.1, -0.05) is 71.9 Å². The van der Waals surface area contributed by atoms with Gasteiger partial charge in [-0.05, 0) is 93.9 Å². The molecule has 1 rings (SSSR count). The number of aryl methyl sites for hydroxylation is 1. The quantitative estimate of drug-likeness (QED) is 0.0374. The maximum atomic E-state index is 13.8. The molecule has 0 saturated carbocycles. The van der Waals surface area contributed by atoms with Crippen LogP contribution in [0.2, 0.25) is 0 Å². The Morgan fingerprint density at radius 3 is 0.667 bits per heavy atom. The minimum Gasteiger partial charge on any atom is -0.461 e. The van der Waals surface area contributed by atoms with Crippen molar-refractivity contribution in [2.75, 3.05) is 130 Å². The van der Waals surface area contributed by atoms with Crippen LogP contribution in [0, 0.1) is 28.6 Å². The molecule has 0 heterocycles. The van der Waals surface area contributed by atoms with Gasteiger partial charge >= 0.3 is 59.7 Å². The van der Waals surface area contributed by atoms with E-state index in [0.717, 1.165) is 0 Å². The van der Waals surface area contributed by atoms with E-state index in [-0.39, 0.29) is 67.1 Å². The number of hydrogen-bond donors (Lipinski definition) is 2. The number of benzene rings is 1. The second kappa shape index (κ2) is 42.0. The Bertz CT molecular complexity index is 3100. The van der Waals surface area contributed by atoms with Crippen LogP contribution in [-0.2, 0) is 124 Å². The molecule has 99 heavy (non-hydrogen) atoms. The van der Waals surface area contributed by atoms with Crippen molar-refractivity contribution in [3.8, 4) is 0 Å². The fourth-order valence-electron chi connectivity index (χ4n) is 7.32. The summed E-state index contributed by atoms with van der Waals surface area (Å²) in [6.07, 6.45) is 0. The van der Waals surface area contributed by atoms with Crippen LogP contribution in [0.3, 0.4) is 0 Å². The predicted molar refractivity (Wildman–Crippen MR) is 359 cm³/mol. The van der Waals surface area contributed by atoms with Crippen molar-refractivity contribution in [2.24, 2.45) is 21.7 Å². The molecule has 0 atom stereocenters. The second-order valence-corrected chi connectivity index (χ2v) is 24.7. The molecule has 28 nitrogen and oxygen atoms in total. The molecule has 28 heteroatoms. The SMILES string of the molecule is C=C(C)C(=O)OCC(COCC(=O)Nc1ccc(C)c(NC(=O)COCC(COCC(COC(=O)C(=C)C)(COC(=O)C(=C)C)COC(=O)C(=C)C)(COC(=O)C(=C)C)COC(=O)C(=C)C)c1)(COCC(COC(=O)C(=C)C)(COC(=O)C(=C)C)COC(=O)C(=C)C)COC(=O)C(=C)C. The molecule has 0 aromatic heterocycles. The van der Waals surface area contributed by atoms with Crippen LogP contribution in [0.1, 0.15) is 74.8 Å². The van der Waals surface area contributed by atoms with Crippen LogP contribution >= 0.6 is 0 Å². The summed E-state index contributed by atoms with van der Waals surface area (Å²) < 4.78 is 79.5. The molecule has 0 aliphatic heterocycles. The molecule has 0 saturated heterocycles. The third-order valence-electron chi connectivity index (χ3n) is 13.3. The van der Waals surface area contributed by atoms with Crippen molar-refractivity contribution in [3.63, 3.8) is 0 Å². The van der Waals surface area contributed by atoms with E-state index < -0.39 is 212 Å². The van der Waals surface area contributed by atoms with Crippen LogP contribution in [0.4, 0.5) is 11.4 Å². The molecule has 1 aromatic carbocycles. The van der Waals surface area contributed by atoms with E-state index in [4.69, 9.17) is 66.3 Å². The molecule has 0 radical (unpaired) electrons. The molecule has 2 amide bonds. The lowest BCUT2D eigenvalue weighted by Gasteiger charge is -2.36. The Morgan fingerprint density at radius 2 is 0.465 bits per heavy atom. The number of carbonyl (C=O) groups excluding carboxylic acids is 12. The Labute approximate surface area is 577 Å². The molecule has 0 spiro atoms. The molecule has 544 valence electrons. The van der Waals surface area contributed by atoms with Crippen molar-refractivity contribution in [3.05, 3.63) is 145 Å². The number of anilines is 2. The van der Waals surface area contributed by atoms with E-state index >= 15 is 0 Å². The number of carbonyl (C=O) groups is 12. The predicted octanol–water partition coefficient (Wildman–Crippen LogP) is 7.08. The molecule has 0 aliphatic carbocycles. The molecule has 2 N–H and O–H groups in total. The maximum absolute atomic E-state index is 13.8. The lowest BCUT2D eigenvalue weighted by Crippen LogP contribution is -2.47. The largest absolute Gasteiger partial charge is 0.461 e. The minimum atomic E-state index is -1.68. The van der Waals surface area contributed by atoms with Crippen LogP contribution < -0.4 is 10.6 Å². The zero-order valence-corrected chi connectivity index (χ0v) is 58.6. The van der Waals surface area contributed by atoms with Gasteiger partial charge in [-0.25, -0.2) is 47.9 Å². The van der Waals surface area contributed by atoms with Gasteiger partial charge in [0.25, 0.3) is 0 Å². The highest BCUT2D eigenvalue weighted by molar-refractivity contribution is 5.96. The van der Waals surface area contributed by atoms with E-state index in [9.17, 15) is 57.5 Å². The molecule has 1 aromatic rings. The first-order chi connectivity index (χ1) is 46.0. The third-order valence-corrected chi connectivity index (χ3v) is 13.3. The van der Waals surface area contributed by atoms with E-state index in [2.05, 4.69) is 76.4 Å². The second-order valence-electron chi connectivity index (χ2n) is 24.7. The first kappa shape index (κ1) is 87.1. The number of hydrogen-bond acceptors (Lipinski definition) is 26. The van der Waals surface area contributed by atoms with Crippen LogP contribution in [-0.4, -0.2) is 190 Å². The number of nitrogens with one attached hydrogen (secondary N) is 2. The standard InChI is InChI=1S/C71H94N2O26/c1-43(2)58(76)90-33-68(34-91-59(77)44(3)4,29-88-31-70(37-94-62(80)47(9)10,38-95-63(81)48(11)12)39-96-64(82)49(13)14)27-86-25-56(74)72-54-23-22-53(21)55(24-54)73-57(75)26-87-28-69(35-92-60(78)45(5)6,36-93-61(79)46(7)8)30-89-32-71(40-97-65(83)50(15)16,41-98-66(84)51(17)18)42-99-67(85)52(19)20/h22-24H,1,3,5,7,9,11,13,15,17,19,25-42H2,2,4,6,8,10,12,14,16,18,20-21H3,(H,72,74)(H,73,75). The monoisotopic (exact) mass is 1390 g/mol. The zero-order valence-electron chi connectivity index (χ0n) is 58.6. The zero-order chi connectivity index (χ0) is 75.6. The molecule has 0 aliphatic rings. The first-order valence-corrected chi connectivity index (χ1v) is 30.3. The molecule has 0 bridgehead atoms. The van der Waals surface area contributed by atoms with Gasteiger partial charge in [0.15, 0.2) is 0 Å². The van der Waals surface area contributed by atoms with E-state index in [0.29, 0.717) is 5.56 Å². The lowest BCUT2D eigenvalue weighted by molar-refractivity contribution is -0.173. The van der Waals surface area contributed by atoms with E-state index in [1.165, 1.54) is 81.4 Å². The first-order valence-electron chi connectivity index (χ1n) is 30.3. The summed E-state index contributed by atoms with van der Waals surface area (Å²) in [5.41, 5.74) is -5.98. The highest BCUT2D eigenvalue weighted by Crippen LogP contribution is 2.30. The van der Waals surface area contributed by atoms with Gasteiger partial charge in [0.1, 0.15) is 79.3 Å². The number of amides is 2. The van der Waals surface area contributed by atoms with Crippen molar-refractivity contribution in [1.29, 1.82) is 0 Å². The highest BCUT2D eigenvalue weighted by Gasteiger charge is 2.43. The minimum absolute atomic E-state index is 0.00231. The normalized spacial score (nSPS) is 11.1. The van der Waals surface area contributed by atoms with Crippen LogP contribution in [0.5, 0.6) is 0 Å². The van der Waals surface area contributed by atoms with Gasteiger partial charge in [-0.15, -0.1) is 0 Å². The lowest BCUT2D eigenvalue weighted by atomic mass is 9.90. The number of ether oxygens (including phenoxy) is 14. The fourth-order valence-corrected chi connectivity index (χ4v) is 7.32. The Kier molecular flexibility index (Phi) is 37.0. The van der Waals surface area contributed by atoms with Gasteiger partial charge in [0.05, 0.1) is 61.3 Å². The summed E-state index contributed by atoms with van der Waals surface area (Å²) in [5, 5.41) is 5.35. The topological polar surface area (TPSA) is 358 Å². The summed E-state index contributed by atoms with van der Waals surface area (Å²) in [5.74, 6) is -10.2. The summed E-state index contributed by atoms with van der Waals surface area (Å²) in [7, 11) is 0. The highest BCUT2D eigenvalue weighted by atomic mass is 16.6. The van der Waals surface area contributed by atoms with Crippen molar-refractivity contribution in [2.45, 2.75) is 76.2 Å². The fraction of sp³-hybridized carbons (Fsp3) is 0.465. The Morgan fingerprint density at radius 1 is 0.283 bits per heavy atom. The van der Waals surface area contributed by atoms with Gasteiger partial charge in [-0.2, -0.15) is 0 Å². The van der Waals surface area contributed by atoms with Gasteiger partial charge in [0, 0.05) is 67.1 Å². The van der Waals surface area contributed by atoms with Crippen molar-refractivity contribution < 1.29 is 124 Å². The average molecular weight is 1390 g/mol. The average Bonchev–Trinajstić information content (AvgIpc) is 0.848. The van der Waals surface area contributed by atoms with E-state index in [1.54, 1.807) is 13.0 Å². The van der Waals surface area contributed by atoms with Crippen LogP contribution in [0.15, 0.2) is 140 Å². The third kappa shape index (κ3) is 32.8. The van der Waals surface area contributed by atoms with Crippen molar-refractivity contribution in [1.82, 2.24) is 0 Å². The van der Waals surface area contributed by atoms with Gasteiger partial charge in [0.2, 0.25) is 11.8 Å². The molecular weight excluding hydrogens is 1300 g/mol. The van der Waals surface area contributed by atoms with Gasteiger partial charge in [-0.3, -0.25) is 9.59 Å². The summed E-state index contributed by atoms with van der Waals surface area (Å²) in [6.45, 7) is 40.7. The summed E-state index contributed by atoms with van der Waals surface area (Å²) in [6, 6.07) is 4.48. The molecular formula is C71H94N2O26. The maximum Gasteiger partial charge on any atom is 0.333 e. The summed E-state index contributed by atoms with van der Waals surface area (Å²) in [4.78, 5) is 156. The van der Waals surface area contributed by atoms with Crippen LogP contribution in [0.25, 0.3) is 0 Å². The summed E-state index contributed by atoms with van der Waals surface area (Å²) >= 11 is 0. The molecule has 0 unspecified atom stereocenters. The number of esters is 10. The van der Waals surface area contributed by atoms with Gasteiger partial charge < -0.3 is 76.9 Å².